The number of aliphatic hydroxyl groups is 1. The second kappa shape index (κ2) is 13.1. The zero-order valence-corrected chi connectivity index (χ0v) is 17.7. The van der Waals surface area contributed by atoms with Gasteiger partial charge in [-0.25, -0.2) is 4.57 Å². The van der Waals surface area contributed by atoms with Gasteiger partial charge in [-0.05, 0) is 12.2 Å². The van der Waals surface area contributed by atoms with E-state index in [1.54, 1.807) is 0 Å². The van der Waals surface area contributed by atoms with Crippen LogP contribution in [0.25, 0.3) is 0 Å². The fourth-order valence-electron chi connectivity index (χ4n) is 1.82. The van der Waals surface area contributed by atoms with Crippen molar-refractivity contribution in [2.45, 2.75) is 39.2 Å². The molecule has 0 aromatic heterocycles. The lowest BCUT2D eigenvalue weighted by atomic mass is 9.87. The molecule has 1 atom stereocenters. The van der Waals surface area contributed by atoms with Crippen LogP contribution < -0.4 is 10.6 Å². The van der Waals surface area contributed by atoms with E-state index >= 15 is 0 Å². The predicted molar refractivity (Wildman–Crippen MR) is 102 cm³/mol. The number of carbonyl (C=O) groups excluding carboxylic acids is 3. The van der Waals surface area contributed by atoms with Crippen LogP contribution in [-0.2, 0) is 28.2 Å². The summed E-state index contributed by atoms with van der Waals surface area (Å²) in [6, 6.07) is 0. The van der Waals surface area contributed by atoms with Gasteiger partial charge in [0.25, 0.3) is 0 Å². The van der Waals surface area contributed by atoms with Gasteiger partial charge in [-0.2, -0.15) is 12.6 Å². The molecule has 11 nitrogen and oxygen atoms in total. The van der Waals surface area contributed by atoms with Crippen molar-refractivity contribution >= 4 is 38.2 Å². The highest BCUT2D eigenvalue weighted by molar-refractivity contribution is 7.80. The minimum atomic E-state index is -4.72. The maximum absolute atomic E-state index is 11.9. The second-order valence-electron chi connectivity index (χ2n) is 6.59. The van der Waals surface area contributed by atoms with Gasteiger partial charge in [0.05, 0.1) is 13.2 Å². The summed E-state index contributed by atoms with van der Waals surface area (Å²) in [7, 11) is -4.72. The minimum Gasteiger partial charge on any atom is -0.464 e. The van der Waals surface area contributed by atoms with Crippen LogP contribution in [0.3, 0.4) is 0 Å². The number of carbonyl (C=O) groups is 3. The molecule has 0 saturated carbocycles. The number of thiol groups is 1. The molecule has 13 heteroatoms. The lowest BCUT2D eigenvalue weighted by Crippen LogP contribution is -2.46. The van der Waals surface area contributed by atoms with Gasteiger partial charge >= 0.3 is 13.8 Å². The Balaban J connectivity index is 4.04. The third kappa shape index (κ3) is 13.1. The number of hydrogen-bond acceptors (Lipinski definition) is 8. The van der Waals surface area contributed by atoms with Crippen LogP contribution in [0.1, 0.15) is 33.1 Å². The molecule has 1 unspecified atom stereocenters. The number of nitrogens with one attached hydrogen (secondary N) is 2. The van der Waals surface area contributed by atoms with Gasteiger partial charge in [0.15, 0.2) is 0 Å². The van der Waals surface area contributed by atoms with E-state index in [1.165, 1.54) is 13.8 Å². The van der Waals surface area contributed by atoms with Crippen molar-refractivity contribution in [3.8, 4) is 0 Å². The summed E-state index contributed by atoms with van der Waals surface area (Å²) in [4.78, 5) is 52.2. The summed E-state index contributed by atoms with van der Waals surface area (Å²) in [5, 5.41) is 14.9. The first-order chi connectivity index (χ1) is 12.9. The van der Waals surface area contributed by atoms with Crippen LogP contribution in [0.2, 0.25) is 0 Å². The molecule has 164 valence electrons. The molecule has 0 radical (unpaired) electrons. The number of rotatable bonds is 14. The highest BCUT2D eigenvalue weighted by Gasteiger charge is 2.35. The Morgan fingerprint density at radius 2 is 1.79 bits per heavy atom. The van der Waals surface area contributed by atoms with E-state index in [1.807, 2.05) is 0 Å². The molecule has 2 amide bonds. The molecule has 0 rings (SSSR count). The Hall–Kier alpha value is -1.17. The van der Waals surface area contributed by atoms with Crippen molar-refractivity contribution in [2.75, 3.05) is 32.1 Å². The van der Waals surface area contributed by atoms with Crippen LogP contribution >= 0.6 is 20.5 Å². The topological polar surface area (TPSA) is 171 Å². The lowest BCUT2D eigenvalue weighted by molar-refractivity contribution is -0.144. The summed E-state index contributed by atoms with van der Waals surface area (Å²) in [5.41, 5.74) is -1.26. The van der Waals surface area contributed by atoms with Crippen LogP contribution in [0.5, 0.6) is 0 Å². The van der Waals surface area contributed by atoms with Crippen molar-refractivity contribution < 1.29 is 43.1 Å². The van der Waals surface area contributed by atoms with E-state index in [4.69, 9.17) is 14.5 Å². The molecule has 0 aliphatic rings. The number of ether oxygens (including phenoxy) is 1. The number of aliphatic hydroxyl groups excluding tert-OH is 1. The molecule has 0 aliphatic heterocycles. The SMILES string of the molecule is CC(C)(COP(=O)(O)O)C(O)C(=O)NCCC(=O)NCCOC(=O)CCCS. The highest BCUT2D eigenvalue weighted by atomic mass is 32.1. The van der Waals surface area contributed by atoms with Gasteiger partial charge in [0, 0.05) is 24.8 Å². The molecule has 0 aliphatic carbocycles. The van der Waals surface area contributed by atoms with E-state index in [0.717, 1.165) is 0 Å². The summed E-state index contributed by atoms with van der Waals surface area (Å²) in [6.07, 6.45) is -0.784. The third-order valence-corrected chi connectivity index (χ3v) is 4.25. The Kier molecular flexibility index (Phi) is 12.6. The zero-order chi connectivity index (χ0) is 21.8. The molecular formula is C15H29N2O9PS. The number of phosphoric acid groups is 1. The average molecular weight is 444 g/mol. The molecule has 0 aromatic carbocycles. The first-order valence-corrected chi connectivity index (χ1v) is 10.7. The van der Waals surface area contributed by atoms with Gasteiger partial charge in [0.2, 0.25) is 11.8 Å². The van der Waals surface area contributed by atoms with Crippen LogP contribution in [-0.4, -0.2) is 70.8 Å². The fraction of sp³-hybridized carbons (Fsp3) is 0.800. The summed E-state index contributed by atoms with van der Waals surface area (Å²) in [5.74, 6) is -0.967. The average Bonchev–Trinajstić information content (AvgIpc) is 2.60. The number of amides is 2. The van der Waals surface area contributed by atoms with Gasteiger partial charge < -0.3 is 30.3 Å². The third-order valence-electron chi connectivity index (χ3n) is 3.47. The van der Waals surface area contributed by atoms with Gasteiger partial charge in [-0.1, -0.05) is 13.8 Å². The van der Waals surface area contributed by atoms with Crippen LogP contribution in [0.15, 0.2) is 0 Å². The largest absolute Gasteiger partial charge is 0.469 e. The van der Waals surface area contributed by atoms with Crippen LogP contribution in [0.4, 0.5) is 0 Å². The van der Waals surface area contributed by atoms with E-state index < -0.39 is 31.9 Å². The van der Waals surface area contributed by atoms with Crippen molar-refractivity contribution in [1.29, 1.82) is 0 Å². The summed E-state index contributed by atoms with van der Waals surface area (Å²) >= 11 is 3.98. The maximum Gasteiger partial charge on any atom is 0.469 e. The van der Waals surface area contributed by atoms with E-state index in [0.29, 0.717) is 12.2 Å². The van der Waals surface area contributed by atoms with Gasteiger partial charge in [0.1, 0.15) is 12.7 Å². The van der Waals surface area contributed by atoms with Crippen molar-refractivity contribution in [2.24, 2.45) is 5.41 Å². The second-order valence-corrected chi connectivity index (χ2v) is 8.28. The van der Waals surface area contributed by atoms with Gasteiger partial charge in [-0.15, -0.1) is 0 Å². The molecule has 0 bridgehead atoms. The molecule has 0 aromatic rings. The van der Waals surface area contributed by atoms with E-state index in [9.17, 15) is 24.1 Å². The molecular weight excluding hydrogens is 415 g/mol. The Morgan fingerprint density at radius 1 is 1.14 bits per heavy atom. The predicted octanol–water partition coefficient (Wildman–Crippen LogP) is -0.642. The van der Waals surface area contributed by atoms with Crippen molar-refractivity contribution in [3.05, 3.63) is 0 Å². The zero-order valence-electron chi connectivity index (χ0n) is 15.9. The molecule has 5 N–H and O–H groups in total. The molecule has 0 saturated heterocycles. The highest BCUT2D eigenvalue weighted by Crippen LogP contribution is 2.38. The molecule has 0 heterocycles. The smallest absolute Gasteiger partial charge is 0.464 e. The molecule has 28 heavy (non-hydrogen) atoms. The molecule has 0 fully saturated rings. The van der Waals surface area contributed by atoms with E-state index in [-0.39, 0.29) is 44.4 Å². The lowest BCUT2D eigenvalue weighted by Gasteiger charge is -2.29. The quantitative estimate of drug-likeness (QED) is 0.0882. The normalized spacial score (nSPS) is 12.9. The van der Waals surface area contributed by atoms with Crippen molar-refractivity contribution in [1.82, 2.24) is 10.6 Å². The fourth-order valence-corrected chi connectivity index (χ4v) is 2.48. The first kappa shape index (κ1) is 26.8. The van der Waals surface area contributed by atoms with Gasteiger partial charge in [-0.3, -0.25) is 18.9 Å². The van der Waals surface area contributed by atoms with Crippen molar-refractivity contribution in [3.63, 3.8) is 0 Å². The Morgan fingerprint density at radius 3 is 2.36 bits per heavy atom. The molecule has 0 spiro atoms. The number of esters is 1. The van der Waals surface area contributed by atoms with Crippen LogP contribution in [0, 0.1) is 5.41 Å². The Labute approximate surface area is 169 Å². The number of hydrogen-bond donors (Lipinski definition) is 6. The summed E-state index contributed by atoms with van der Waals surface area (Å²) < 4.78 is 19.9. The number of phosphoric ester groups is 1. The standard InChI is InChI=1S/C15H29N2O9PS/c1-15(2,10-26-27(22,23)24)13(20)14(21)17-6-5-11(18)16-7-8-25-12(19)4-3-9-28/h13,20,28H,3-10H2,1-2H3,(H,16,18)(H,17,21)(H2,22,23,24). The Bertz CT molecular complexity index is 568. The summed E-state index contributed by atoms with van der Waals surface area (Å²) in [6.45, 7) is 2.37. The first-order valence-electron chi connectivity index (χ1n) is 8.58. The maximum atomic E-state index is 11.9. The minimum absolute atomic E-state index is 0.0377. The monoisotopic (exact) mass is 444 g/mol. The van der Waals surface area contributed by atoms with E-state index in [2.05, 4.69) is 27.8 Å².